The van der Waals surface area contributed by atoms with Gasteiger partial charge in [-0.15, -0.1) is 0 Å². The summed E-state index contributed by atoms with van der Waals surface area (Å²) in [6.07, 6.45) is 1.73. The van der Waals surface area contributed by atoms with Gasteiger partial charge in [-0.1, -0.05) is 29.5 Å². The summed E-state index contributed by atoms with van der Waals surface area (Å²) in [6, 6.07) is 10.6. The maximum absolute atomic E-state index is 12.7. The molecule has 170 valence electrons. The molecule has 7 nitrogen and oxygen atoms in total. The zero-order valence-electron chi connectivity index (χ0n) is 18.5. The third kappa shape index (κ3) is 4.80. The Morgan fingerprint density at radius 3 is 2.45 bits per heavy atom. The third-order valence-electron chi connectivity index (χ3n) is 5.09. The predicted octanol–water partition coefficient (Wildman–Crippen LogP) is 4.78. The predicted molar refractivity (Wildman–Crippen MR) is 127 cm³/mol. The molecule has 0 bridgehead atoms. The first-order chi connectivity index (χ1) is 15.9. The first-order valence-corrected chi connectivity index (χ1v) is 11.3. The van der Waals surface area contributed by atoms with Gasteiger partial charge in [0.05, 0.1) is 11.5 Å². The SMILES string of the molecule is CCOC(=O)C1=C(O)/C(=C/c2cc3c(cc2C)OCCO3)SC1=NC(=O)c1ccc(C)cc1. The fraction of sp³-hybridized carbons (Fsp3) is 0.240. The number of esters is 1. The van der Waals surface area contributed by atoms with Gasteiger partial charge >= 0.3 is 5.97 Å². The minimum absolute atomic E-state index is 0.0953. The minimum Gasteiger partial charge on any atom is -0.506 e. The van der Waals surface area contributed by atoms with Crippen LogP contribution in [0.4, 0.5) is 0 Å². The minimum atomic E-state index is -0.736. The van der Waals surface area contributed by atoms with Crippen LogP contribution >= 0.6 is 11.8 Å². The van der Waals surface area contributed by atoms with Crippen LogP contribution in [0.1, 0.15) is 34.0 Å². The van der Waals surface area contributed by atoms with E-state index in [2.05, 4.69) is 4.99 Å². The van der Waals surface area contributed by atoms with E-state index in [1.165, 1.54) is 0 Å². The second-order valence-corrected chi connectivity index (χ2v) is 8.53. The highest BCUT2D eigenvalue weighted by molar-refractivity contribution is 8.18. The van der Waals surface area contributed by atoms with Gasteiger partial charge in [-0.3, -0.25) is 4.79 Å². The summed E-state index contributed by atoms with van der Waals surface area (Å²) >= 11 is 1.04. The highest BCUT2D eigenvalue weighted by Gasteiger charge is 2.34. The lowest BCUT2D eigenvalue weighted by atomic mass is 10.1. The number of ether oxygens (including phenoxy) is 3. The first-order valence-electron chi connectivity index (χ1n) is 10.5. The number of carbonyl (C=O) groups is 2. The summed E-state index contributed by atoms with van der Waals surface area (Å²) in [7, 11) is 0. The van der Waals surface area contributed by atoms with Crippen LogP contribution < -0.4 is 9.47 Å². The summed E-state index contributed by atoms with van der Waals surface area (Å²) in [4.78, 5) is 29.8. The Morgan fingerprint density at radius 1 is 1.12 bits per heavy atom. The number of hydrogen-bond donors (Lipinski definition) is 1. The van der Waals surface area contributed by atoms with Crippen LogP contribution in [0, 0.1) is 13.8 Å². The molecule has 2 aliphatic rings. The Hall–Kier alpha value is -3.52. The molecule has 0 aliphatic carbocycles. The van der Waals surface area contributed by atoms with E-state index < -0.39 is 11.9 Å². The van der Waals surface area contributed by atoms with Crippen molar-refractivity contribution in [2.45, 2.75) is 20.8 Å². The van der Waals surface area contributed by atoms with Crippen LogP contribution in [0.25, 0.3) is 6.08 Å². The summed E-state index contributed by atoms with van der Waals surface area (Å²) in [6.45, 7) is 6.57. The molecule has 0 saturated heterocycles. The molecule has 1 N–H and O–H groups in total. The van der Waals surface area contributed by atoms with Gasteiger partial charge in [0.2, 0.25) is 0 Å². The number of thioether (sulfide) groups is 1. The van der Waals surface area contributed by atoms with Crippen molar-refractivity contribution in [2.24, 2.45) is 4.99 Å². The lowest BCUT2D eigenvalue weighted by molar-refractivity contribution is -0.138. The number of aliphatic hydroxyl groups is 1. The molecular formula is C25H23NO6S. The van der Waals surface area contributed by atoms with Crippen LogP contribution in [0.2, 0.25) is 0 Å². The molecule has 0 atom stereocenters. The van der Waals surface area contributed by atoms with Crippen LogP contribution in [-0.4, -0.2) is 41.8 Å². The van der Waals surface area contributed by atoms with Crippen LogP contribution in [0.5, 0.6) is 11.5 Å². The number of fused-ring (bicyclic) bond motifs is 1. The molecule has 0 aromatic heterocycles. The molecule has 2 heterocycles. The lowest BCUT2D eigenvalue weighted by Crippen LogP contribution is -2.15. The van der Waals surface area contributed by atoms with E-state index in [0.29, 0.717) is 35.2 Å². The molecule has 4 rings (SSSR count). The molecule has 0 radical (unpaired) electrons. The van der Waals surface area contributed by atoms with Gasteiger partial charge < -0.3 is 19.3 Å². The highest BCUT2D eigenvalue weighted by atomic mass is 32.2. The van der Waals surface area contributed by atoms with Crippen LogP contribution in [0.3, 0.4) is 0 Å². The Labute approximate surface area is 195 Å². The van der Waals surface area contributed by atoms with E-state index in [-0.39, 0.29) is 23.0 Å². The van der Waals surface area contributed by atoms with Gasteiger partial charge in [0, 0.05) is 5.56 Å². The molecular weight excluding hydrogens is 442 g/mol. The zero-order valence-corrected chi connectivity index (χ0v) is 19.3. The average Bonchev–Trinajstić information content (AvgIpc) is 3.09. The topological polar surface area (TPSA) is 94.4 Å². The Morgan fingerprint density at radius 2 is 1.79 bits per heavy atom. The molecule has 33 heavy (non-hydrogen) atoms. The van der Waals surface area contributed by atoms with Gasteiger partial charge in [0.15, 0.2) is 11.5 Å². The van der Waals surface area contributed by atoms with Crippen LogP contribution in [-0.2, 0) is 9.53 Å². The van der Waals surface area contributed by atoms with Crippen molar-refractivity contribution in [3.63, 3.8) is 0 Å². The standard InChI is InChI=1S/C25H23NO6S/c1-4-30-25(29)21-22(27)20(13-17-12-19-18(11-15(17)3)31-9-10-32-19)33-24(21)26-23(28)16-7-5-14(2)6-8-16/h5-8,11-13,27H,4,9-10H2,1-3H3/b20-13-,26-24?. The highest BCUT2D eigenvalue weighted by Crippen LogP contribution is 2.41. The molecule has 2 aromatic carbocycles. The molecule has 0 spiro atoms. The fourth-order valence-corrected chi connectivity index (χ4v) is 4.35. The molecule has 2 aromatic rings. The van der Waals surface area contributed by atoms with Crippen molar-refractivity contribution in [1.82, 2.24) is 0 Å². The largest absolute Gasteiger partial charge is 0.506 e. The summed E-state index contributed by atoms with van der Waals surface area (Å²) in [5.41, 5.74) is 2.96. The van der Waals surface area contributed by atoms with Gasteiger partial charge in [0.25, 0.3) is 5.91 Å². The van der Waals surface area contributed by atoms with E-state index in [0.717, 1.165) is 28.5 Å². The summed E-state index contributed by atoms with van der Waals surface area (Å²) in [5.74, 6) is -0.246. The number of aliphatic imine (C=N–C) groups is 1. The number of benzene rings is 2. The maximum atomic E-state index is 12.7. The summed E-state index contributed by atoms with van der Waals surface area (Å²) in [5, 5.41) is 11.0. The third-order valence-corrected chi connectivity index (χ3v) is 6.11. The number of aliphatic hydroxyl groups excluding tert-OH is 1. The van der Waals surface area contributed by atoms with Gasteiger partial charge in [-0.2, -0.15) is 0 Å². The van der Waals surface area contributed by atoms with E-state index in [9.17, 15) is 14.7 Å². The number of rotatable bonds is 4. The van der Waals surface area contributed by atoms with Gasteiger partial charge in [-0.05, 0) is 62.2 Å². The van der Waals surface area contributed by atoms with Crippen molar-refractivity contribution in [3.05, 3.63) is 74.9 Å². The van der Waals surface area contributed by atoms with Gasteiger partial charge in [0.1, 0.15) is 29.6 Å². The first kappa shape index (κ1) is 22.7. The molecule has 2 aliphatic heterocycles. The molecule has 0 saturated carbocycles. The smallest absolute Gasteiger partial charge is 0.344 e. The quantitative estimate of drug-likeness (QED) is 0.650. The lowest BCUT2D eigenvalue weighted by Gasteiger charge is -2.19. The monoisotopic (exact) mass is 465 g/mol. The second kappa shape index (κ2) is 9.54. The number of hydrogen-bond acceptors (Lipinski definition) is 7. The Balaban J connectivity index is 1.73. The normalized spacial score (nSPS) is 17.5. The fourth-order valence-electron chi connectivity index (χ4n) is 3.35. The van der Waals surface area contributed by atoms with Gasteiger partial charge in [-0.25, -0.2) is 9.79 Å². The maximum Gasteiger partial charge on any atom is 0.344 e. The number of carbonyl (C=O) groups excluding carboxylic acids is 2. The van der Waals surface area contributed by atoms with E-state index in [4.69, 9.17) is 14.2 Å². The average molecular weight is 466 g/mol. The number of amides is 1. The molecule has 0 unspecified atom stereocenters. The van der Waals surface area contributed by atoms with Crippen LogP contribution in [0.15, 0.2) is 57.6 Å². The number of aryl methyl sites for hydroxylation is 2. The van der Waals surface area contributed by atoms with E-state index in [1.807, 2.05) is 38.1 Å². The molecule has 0 fully saturated rings. The molecule has 8 heteroatoms. The zero-order chi connectivity index (χ0) is 23.5. The van der Waals surface area contributed by atoms with Crippen molar-refractivity contribution < 1.29 is 28.9 Å². The number of nitrogens with zero attached hydrogens (tertiary/aromatic N) is 1. The van der Waals surface area contributed by atoms with E-state index >= 15 is 0 Å². The van der Waals surface area contributed by atoms with Crippen molar-refractivity contribution in [3.8, 4) is 11.5 Å². The summed E-state index contributed by atoms with van der Waals surface area (Å²) < 4.78 is 16.4. The van der Waals surface area contributed by atoms with Crippen molar-refractivity contribution >= 4 is 34.8 Å². The molecule has 1 amide bonds. The Bertz CT molecular complexity index is 1210. The van der Waals surface area contributed by atoms with E-state index in [1.54, 1.807) is 25.1 Å². The van der Waals surface area contributed by atoms with Crippen molar-refractivity contribution in [2.75, 3.05) is 19.8 Å². The second-order valence-electron chi connectivity index (χ2n) is 7.50. The Kier molecular flexibility index (Phi) is 6.55. The van der Waals surface area contributed by atoms with Crippen molar-refractivity contribution in [1.29, 1.82) is 0 Å².